The third kappa shape index (κ3) is 3.65. The van der Waals surface area contributed by atoms with Crippen molar-refractivity contribution in [1.82, 2.24) is 0 Å². The van der Waals surface area contributed by atoms with Crippen LogP contribution in [-0.4, -0.2) is 13.7 Å². The monoisotopic (exact) mass is 364 g/mol. The van der Waals surface area contributed by atoms with Gasteiger partial charge in [-0.25, -0.2) is 0 Å². The van der Waals surface area contributed by atoms with Crippen LogP contribution in [0.5, 0.6) is 17.2 Å². The molecule has 0 amide bonds. The quantitative estimate of drug-likeness (QED) is 0.597. The largest absolute Gasteiger partial charge is 0.493 e. The SMILES string of the molecule is COc1ccc(C2COc3ccccc3S2)cc1OCc1ccccc1. The molecule has 0 spiro atoms. The molecule has 0 N–H and O–H groups in total. The predicted octanol–water partition coefficient (Wildman–Crippen LogP) is 5.50. The number of hydrogen-bond acceptors (Lipinski definition) is 4. The molecule has 0 aliphatic carbocycles. The molecule has 0 saturated carbocycles. The first-order chi connectivity index (χ1) is 12.8. The Labute approximate surface area is 157 Å². The molecule has 1 aliphatic rings. The lowest BCUT2D eigenvalue weighted by atomic mass is 10.1. The van der Waals surface area contributed by atoms with Gasteiger partial charge in [-0.15, -0.1) is 11.8 Å². The van der Waals surface area contributed by atoms with Gasteiger partial charge in [0.05, 0.1) is 17.3 Å². The molecule has 1 heterocycles. The van der Waals surface area contributed by atoms with Gasteiger partial charge in [-0.3, -0.25) is 0 Å². The zero-order chi connectivity index (χ0) is 17.8. The van der Waals surface area contributed by atoms with E-state index < -0.39 is 0 Å². The van der Waals surface area contributed by atoms with Crippen molar-refractivity contribution in [2.45, 2.75) is 16.8 Å². The van der Waals surface area contributed by atoms with E-state index in [1.165, 1.54) is 10.5 Å². The van der Waals surface area contributed by atoms with E-state index in [1.807, 2.05) is 54.2 Å². The van der Waals surface area contributed by atoms with Gasteiger partial charge >= 0.3 is 0 Å². The van der Waals surface area contributed by atoms with Crippen molar-refractivity contribution in [2.24, 2.45) is 0 Å². The maximum Gasteiger partial charge on any atom is 0.161 e. The van der Waals surface area contributed by atoms with Crippen LogP contribution in [0.25, 0.3) is 0 Å². The number of thioether (sulfide) groups is 1. The average molecular weight is 364 g/mol. The van der Waals surface area contributed by atoms with Crippen molar-refractivity contribution in [2.75, 3.05) is 13.7 Å². The first-order valence-electron chi connectivity index (χ1n) is 8.56. The Morgan fingerprint density at radius 3 is 2.62 bits per heavy atom. The van der Waals surface area contributed by atoms with Crippen molar-refractivity contribution >= 4 is 11.8 Å². The summed E-state index contributed by atoms with van der Waals surface area (Å²) in [6.07, 6.45) is 0. The minimum absolute atomic E-state index is 0.231. The molecule has 4 heteroatoms. The zero-order valence-corrected chi connectivity index (χ0v) is 15.4. The average Bonchev–Trinajstić information content (AvgIpc) is 2.72. The van der Waals surface area contributed by atoms with Crippen LogP contribution in [0.1, 0.15) is 16.4 Å². The molecule has 26 heavy (non-hydrogen) atoms. The molecule has 1 aliphatic heterocycles. The van der Waals surface area contributed by atoms with Crippen LogP contribution < -0.4 is 14.2 Å². The Kier molecular flexibility index (Phi) is 5.02. The van der Waals surface area contributed by atoms with Crippen molar-refractivity contribution in [3.8, 4) is 17.2 Å². The van der Waals surface area contributed by atoms with Gasteiger partial charge in [0, 0.05) is 0 Å². The van der Waals surface area contributed by atoms with Crippen LogP contribution in [0.2, 0.25) is 0 Å². The second-order valence-electron chi connectivity index (χ2n) is 6.05. The molecule has 0 fully saturated rings. The molecule has 0 bridgehead atoms. The van der Waals surface area contributed by atoms with Gasteiger partial charge < -0.3 is 14.2 Å². The maximum absolute atomic E-state index is 6.04. The summed E-state index contributed by atoms with van der Waals surface area (Å²) in [4.78, 5) is 1.17. The summed E-state index contributed by atoms with van der Waals surface area (Å²) in [7, 11) is 1.67. The molecular weight excluding hydrogens is 344 g/mol. The summed E-state index contributed by atoms with van der Waals surface area (Å²) in [6.45, 7) is 1.16. The Bertz CT molecular complexity index is 880. The van der Waals surface area contributed by atoms with E-state index in [-0.39, 0.29) is 5.25 Å². The number of methoxy groups -OCH3 is 1. The summed E-state index contributed by atoms with van der Waals surface area (Å²) in [5.41, 5.74) is 2.30. The molecule has 3 aromatic rings. The standard InChI is InChI=1S/C22H20O3S/c1-23-18-12-11-17(13-20(18)24-14-16-7-3-2-4-8-16)22-15-25-19-9-5-6-10-21(19)26-22/h2-13,22H,14-15H2,1H3. The number of para-hydroxylation sites is 1. The minimum atomic E-state index is 0.231. The molecule has 3 aromatic carbocycles. The summed E-state index contributed by atoms with van der Waals surface area (Å²) in [6, 6.07) is 24.4. The Balaban J connectivity index is 1.54. The molecule has 1 unspecified atom stereocenters. The predicted molar refractivity (Wildman–Crippen MR) is 104 cm³/mol. The maximum atomic E-state index is 6.04. The van der Waals surface area contributed by atoms with Crippen LogP contribution in [0.15, 0.2) is 77.7 Å². The van der Waals surface area contributed by atoms with E-state index in [1.54, 1.807) is 7.11 Å². The molecule has 3 nitrogen and oxygen atoms in total. The van der Waals surface area contributed by atoms with Gasteiger partial charge in [0.15, 0.2) is 11.5 Å². The summed E-state index contributed by atoms with van der Waals surface area (Å²) in [5.74, 6) is 2.46. The third-order valence-corrected chi connectivity index (χ3v) is 5.59. The van der Waals surface area contributed by atoms with E-state index >= 15 is 0 Å². The van der Waals surface area contributed by atoms with Gasteiger partial charge in [-0.2, -0.15) is 0 Å². The summed E-state index contributed by atoms with van der Waals surface area (Å²) >= 11 is 1.83. The van der Waals surface area contributed by atoms with E-state index in [4.69, 9.17) is 14.2 Å². The van der Waals surface area contributed by atoms with Gasteiger partial charge in [-0.05, 0) is 35.4 Å². The molecule has 0 saturated heterocycles. The fourth-order valence-electron chi connectivity index (χ4n) is 2.93. The van der Waals surface area contributed by atoms with E-state index in [2.05, 4.69) is 30.3 Å². The smallest absolute Gasteiger partial charge is 0.161 e. The van der Waals surface area contributed by atoms with E-state index in [0.717, 1.165) is 22.8 Å². The topological polar surface area (TPSA) is 27.7 Å². The lowest BCUT2D eigenvalue weighted by Gasteiger charge is -2.25. The van der Waals surface area contributed by atoms with Gasteiger partial charge in [0.2, 0.25) is 0 Å². The number of ether oxygens (including phenoxy) is 3. The highest BCUT2D eigenvalue weighted by Gasteiger charge is 2.23. The first-order valence-corrected chi connectivity index (χ1v) is 9.44. The highest BCUT2D eigenvalue weighted by molar-refractivity contribution is 7.99. The van der Waals surface area contributed by atoms with Crippen LogP contribution in [-0.2, 0) is 6.61 Å². The number of fused-ring (bicyclic) bond motifs is 1. The third-order valence-electron chi connectivity index (χ3n) is 4.31. The minimum Gasteiger partial charge on any atom is -0.493 e. The lowest BCUT2D eigenvalue weighted by molar-refractivity contribution is 0.282. The zero-order valence-electron chi connectivity index (χ0n) is 14.6. The van der Waals surface area contributed by atoms with Crippen molar-refractivity contribution in [1.29, 1.82) is 0 Å². The van der Waals surface area contributed by atoms with Crippen molar-refractivity contribution < 1.29 is 14.2 Å². The van der Waals surface area contributed by atoms with Gasteiger partial charge in [0.1, 0.15) is 19.0 Å². The van der Waals surface area contributed by atoms with Crippen molar-refractivity contribution in [3.63, 3.8) is 0 Å². The second-order valence-corrected chi connectivity index (χ2v) is 7.29. The van der Waals surface area contributed by atoms with Crippen LogP contribution >= 0.6 is 11.8 Å². The Hall–Kier alpha value is -2.59. The fourth-order valence-corrected chi connectivity index (χ4v) is 4.05. The summed E-state index contributed by atoms with van der Waals surface area (Å²) < 4.78 is 17.4. The first kappa shape index (κ1) is 16.9. The normalized spacial score (nSPS) is 15.7. The molecular formula is C22H20O3S. The Morgan fingerprint density at radius 1 is 0.962 bits per heavy atom. The molecule has 4 rings (SSSR count). The lowest BCUT2D eigenvalue weighted by Crippen LogP contribution is -2.12. The van der Waals surface area contributed by atoms with E-state index in [0.29, 0.717) is 13.2 Å². The van der Waals surface area contributed by atoms with Crippen LogP contribution in [0, 0.1) is 0 Å². The molecule has 0 aromatic heterocycles. The van der Waals surface area contributed by atoms with Gasteiger partial charge in [0.25, 0.3) is 0 Å². The molecule has 1 atom stereocenters. The molecule has 132 valence electrons. The number of benzene rings is 3. The Morgan fingerprint density at radius 2 is 1.77 bits per heavy atom. The highest BCUT2D eigenvalue weighted by Crippen LogP contribution is 2.45. The molecule has 0 radical (unpaired) electrons. The van der Waals surface area contributed by atoms with Gasteiger partial charge in [-0.1, -0.05) is 48.5 Å². The fraction of sp³-hybridized carbons (Fsp3) is 0.182. The second kappa shape index (κ2) is 7.75. The number of hydrogen-bond donors (Lipinski definition) is 0. The van der Waals surface area contributed by atoms with Crippen molar-refractivity contribution in [3.05, 3.63) is 83.9 Å². The van der Waals surface area contributed by atoms with E-state index in [9.17, 15) is 0 Å². The van der Waals surface area contributed by atoms with Crippen LogP contribution in [0.4, 0.5) is 0 Å². The number of rotatable bonds is 5. The summed E-state index contributed by atoms with van der Waals surface area (Å²) in [5, 5.41) is 0.231. The highest BCUT2D eigenvalue weighted by atomic mass is 32.2. The van der Waals surface area contributed by atoms with Crippen LogP contribution in [0.3, 0.4) is 0 Å².